The minimum atomic E-state index is 0.488. The van der Waals surface area contributed by atoms with E-state index in [0.717, 1.165) is 5.56 Å². The summed E-state index contributed by atoms with van der Waals surface area (Å²) in [5.74, 6) is 0.516. The smallest absolute Gasteiger partial charge is 0.156 e. The molecule has 0 amide bonds. The second kappa shape index (κ2) is 5.83. The predicted octanol–water partition coefficient (Wildman–Crippen LogP) is 2.95. The molecule has 1 rings (SSSR count). The van der Waals surface area contributed by atoms with E-state index in [1.165, 1.54) is 0 Å². The molecule has 0 atom stereocenters. The standard InChI is InChI=1S/C10H12Cl2N2O/c1-3-15-10-8(11)4-7(5-9(10)12)6-14-13-2/h4-6,13H,3H2,1-2H3/b14-6+. The van der Waals surface area contributed by atoms with Crippen LogP contribution in [0.1, 0.15) is 12.5 Å². The normalized spacial score (nSPS) is 10.7. The van der Waals surface area contributed by atoms with Gasteiger partial charge in [0.2, 0.25) is 0 Å². The molecular formula is C10H12Cl2N2O. The van der Waals surface area contributed by atoms with Crippen LogP contribution < -0.4 is 10.2 Å². The van der Waals surface area contributed by atoms with Gasteiger partial charge in [-0.05, 0) is 24.6 Å². The van der Waals surface area contributed by atoms with Crippen molar-refractivity contribution in [2.24, 2.45) is 5.10 Å². The summed E-state index contributed by atoms with van der Waals surface area (Å²) < 4.78 is 5.30. The second-order valence-corrected chi connectivity index (χ2v) is 3.54. The first-order valence-corrected chi connectivity index (χ1v) is 5.26. The summed E-state index contributed by atoms with van der Waals surface area (Å²) in [5.41, 5.74) is 3.47. The van der Waals surface area contributed by atoms with E-state index in [-0.39, 0.29) is 0 Å². The third-order valence-corrected chi connectivity index (χ3v) is 2.21. The van der Waals surface area contributed by atoms with Gasteiger partial charge < -0.3 is 10.2 Å². The second-order valence-electron chi connectivity index (χ2n) is 2.73. The number of rotatable bonds is 4. The molecule has 0 aliphatic carbocycles. The minimum Gasteiger partial charge on any atom is -0.491 e. The summed E-state index contributed by atoms with van der Waals surface area (Å²) in [6, 6.07) is 3.50. The molecule has 1 aromatic carbocycles. The van der Waals surface area contributed by atoms with Crippen molar-refractivity contribution in [3.63, 3.8) is 0 Å². The maximum Gasteiger partial charge on any atom is 0.156 e. The zero-order valence-electron chi connectivity index (χ0n) is 8.55. The Balaban J connectivity index is 3.02. The topological polar surface area (TPSA) is 33.6 Å². The summed E-state index contributed by atoms with van der Waals surface area (Å²) in [5, 5.41) is 4.84. The van der Waals surface area contributed by atoms with Crippen molar-refractivity contribution in [3.8, 4) is 5.75 Å². The first kappa shape index (κ1) is 12.1. The number of benzene rings is 1. The Morgan fingerprint density at radius 3 is 2.47 bits per heavy atom. The number of nitrogens with one attached hydrogen (secondary N) is 1. The van der Waals surface area contributed by atoms with Gasteiger partial charge in [-0.1, -0.05) is 23.2 Å². The molecule has 3 nitrogen and oxygen atoms in total. The highest BCUT2D eigenvalue weighted by Crippen LogP contribution is 2.33. The third kappa shape index (κ3) is 3.29. The summed E-state index contributed by atoms with van der Waals surface area (Å²) >= 11 is 12.0. The van der Waals surface area contributed by atoms with Gasteiger partial charge in [0.1, 0.15) is 0 Å². The molecule has 0 spiro atoms. The molecule has 0 fully saturated rings. The highest BCUT2D eigenvalue weighted by molar-refractivity contribution is 6.37. The zero-order valence-corrected chi connectivity index (χ0v) is 10.1. The van der Waals surface area contributed by atoms with Gasteiger partial charge in [0.25, 0.3) is 0 Å². The average molecular weight is 247 g/mol. The van der Waals surface area contributed by atoms with Crippen LogP contribution in [0.25, 0.3) is 0 Å². The molecule has 0 saturated heterocycles. The van der Waals surface area contributed by atoms with E-state index in [1.54, 1.807) is 25.4 Å². The molecule has 0 aliphatic rings. The van der Waals surface area contributed by atoms with E-state index in [0.29, 0.717) is 22.4 Å². The van der Waals surface area contributed by atoms with Crippen LogP contribution in [-0.2, 0) is 0 Å². The number of nitrogens with zero attached hydrogens (tertiary/aromatic N) is 1. The van der Waals surface area contributed by atoms with Gasteiger partial charge in [0.15, 0.2) is 5.75 Å². The monoisotopic (exact) mass is 246 g/mol. The van der Waals surface area contributed by atoms with Crippen molar-refractivity contribution < 1.29 is 4.74 Å². The van der Waals surface area contributed by atoms with Crippen molar-refractivity contribution >= 4 is 29.4 Å². The van der Waals surface area contributed by atoms with E-state index in [1.807, 2.05) is 6.92 Å². The van der Waals surface area contributed by atoms with Crippen LogP contribution in [0, 0.1) is 0 Å². The van der Waals surface area contributed by atoms with E-state index < -0.39 is 0 Å². The van der Waals surface area contributed by atoms with E-state index >= 15 is 0 Å². The van der Waals surface area contributed by atoms with Gasteiger partial charge in [-0.25, -0.2) is 0 Å². The fourth-order valence-corrected chi connectivity index (χ4v) is 1.69. The fraction of sp³-hybridized carbons (Fsp3) is 0.300. The molecule has 0 saturated carbocycles. The molecule has 15 heavy (non-hydrogen) atoms. The fourth-order valence-electron chi connectivity index (χ4n) is 1.08. The Labute approximate surface area is 99.0 Å². The van der Waals surface area contributed by atoms with Gasteiger partial charge in [-0.3, -0.25) is 0 Å². The van der Waals surface area contributed by atoms with Gasteiger partial charge in [-0.2, -0.15) is 5.10 Å². The van der Waals surface area contributed by atoms with E-state index in [9.17, 15) is 0 Å². The molecule has 1 aromatic rings. The predicted molar refractivity (Wildman–Crippen MR) is 64.3 cm³/mol. The molecule has 0 radical (unpaired) electrons. The molecule has 0 aromatic heterocycles. The Morgan fingerprint density at radius 1 is 1.40 bits per heavy atom. The van der Waals surface area contributed by atoms with Crippen molar-refractivity contribution in [2.75, 3.05) is 13.7 Å². The molecule has 0 bridgehead atoms. The lowest BCUT2D eigenvalue weighted by molar-refractivity contribution is 0.340. The number of halogens is 2. The Hall–Kier alpha value is -0.930. The van der Waals surface area contributed by atoms with Crippen LogP contribution in [0.2, 0.25) is 10.0 Å². The van der Waals surface area contributed by atoms with Crippen LogP contribution in [0.5, 0.6) is 5.75 Å². The summed E-state index contributed by atoms with van der Waals surface area (Å²) in [6.07, 6.45) is 1.63. The average Bonchev–Trinajstić information content (AvgIpc) is 2.20. The van der Waals surface area contributed by atoms with Gasteiger partial charge in [0, 0.05) is 7.05 Å². The lowest BCUT2D eigenvalue weighted by Crippen LogP contribution is -1.97. The van der Waals surface area contributed by atoms with Gasteiger partial charge in [-0.15, -0.1) is 0 Å². The summed E-state index contributed by atoms with van der Waals surface area (Å²) in [6.45, 7) is 2.41. The lowest BCUT2D eigenvalue weighted by Gasteiger charge is -2.08. The molecule has 82 valence electrons. The zero-order chi connectivity index (χ0) is 11.3. The number of hydrazone groups is 1. The van der Waals surface area contributed by atoms with Crippen LogP contribution in [0.15, 0.2) is 17.2 Å². The highest BCUT2D eigenvalue weighted by Gasteiger charge is 2.08. The van der Waals surface area contributed by atoms with Gasteiger partial charge in [0.05, 0.1) is 22.9 Å². The number of ether oxygens (including phenoxy) is 1. The molecule has 0 unspecified atom stereocenters. The maximum absolute atomic E-state index is 6.00. The number of hydrogen-bond acceptors (Lipinski definition) is 3. The Kier molecular flexibility index (Phi) is 4.72. The first-order valence-electron chi connectivity index (χ1n) is 4.50. The van der Waals surface area contributed by atoms with E-state index in [2.05, 4.69) is 10.5 Å². The van der Waals surface area contributed by atoms with E-state index in [4.69, 9.17) is 27.9 Å². The van der Waals surface area contributed by atoms with Crippen LogP contribution in [0.4, 0.5) is 0 Å². The summed E-state index contributed by atoms with van der Waals surface area (Å²) in [4.78, 5) is 0. The molecule has 0 aliphatic heterocycles. The molecular weight excluding hydrogens is 235 g/mol. The minimum absolute atomic E-state index is 0.488. The maximum atomic E-state index is 6.00. The van der Waals surface area contributed by atoms with Crippen molar-refractivity contribution in [1.82, 2.24) is 5.43 Å². The van der Waals surface area contributed by atoms with Gasteiger partial charge >= 0.3 is 0 Å². The van der Waals surface area contributed by atoms with Crippen LogP contribution >= 0.6 is 23.2 Å². The quantitative estimate of drug-likeness (QED) is 0.655. The molecule has 5 heteroatoms. The SMILES string of the molecule is CCOc1c(Cl)cc(/C=N/NC)cc1Cl. The van der Waals surface area contributed by atoms with Crippen molar-refractivity contribution in [2.45, 2.75) is 6.92 Å². The molecule has 1 N–H and O–H groups in total. The summed E-state index contributed by atoms with van der Waals surface area (Å²) in [7, 11) is 1.72. The van der Waals surface area contributed by atoms with Crippen molar-refractivity contribution in [1.29, 1.82) is 0 Å². The third-order valence-electron chi connectivity index (χ3n) is 1.65. The van der Waals surface area contributed by atoms with Crippen LogP contribution in [0.3, 0.4) is 0 Å². The number of hydrogen-bond donors (Lipinski definition) is 1. The van der Waals surface area contributed by atoms with Crippen molar-refractivity contribution in [3.05, 3.63) is 27.7 Å². The highest BCUT2D eigenvalue weighted by atomic mass is 35.5. The lowest BCUT2D eigenvalue weighted by atomic mass is 10.2. The molecule has 0 heterocycles. The Morgan fingerprint density at radius 2 is 2.00 bits per heavy atom. The first-order chi connectivity index (χ1) is 7.19. The largest absolute Gasteiger partial charge is 0.491 e. The Bertz CT molecular complexity index is 343. The van der Waals surface area contributed by atoms with Crippen LogP contribution in [-0.4, -0.2) is 19.9 Å².